The normalized spacial score (nSPS) is 12.4. The van der Waals surface area contributed by atoms with Gasteiger partial charge in [-0.15, -0.1) is 0 Å². The Balaban J connectivity index is 1.80. The van der Waals surface area contributed by atoms with Crippen molar-refractivity contribution in [3.05, 3.63) is 35.9 Å². The molecule has 7 heteroatoms. The second-order valence-electron chi connectivity index (χ2n) is 5.29. The summed E-state index contributed by atoms with van der Waals surface area (Å²) in [4.78, 5) is 0. The first-order chi connectivity index (χ1) is 12.3. The monoisotopic (exact) mass is 358 g/mol. The summed E-state index contributed by atoms with van der Waals surface area (Å²) in [6.45, 7) is 4.06. The molecule has 0 aromatic heterocycles. The Kier molecular flexibility index (Phi) is 14.4. The first-order valence-corrected chi connectivity index (χ1v) is 8.54. The van der Waals surface area contributed by atoms with Crippen LogP contribution in [-0.2, 0) is 30.3 Å². The molecule has 1 aromatic rings. The summed E-state index contributed by atoms with van der Waals surface area (Å²) in [5.41, 5.74) is 1.08. The summed E-state index contributed by atoms with van der Waals surface area (Å²) in [6, 6.07) is 9.81. The molecule has 0 radical (unpaired) electrons. The summed E-state index contributed by atoms with van der Waals surface area (Å²) in [7, 11) is 0. The number of rotatable bonds is 17. The molecule has 0 aliphatic heterocycles. The second-order valence-corrected chi connectivity index (χ2v) is 5.29. The van der Waals surface area contributed by atoms with Crippen LogP contribution in [0.3, 0.4) is 0 Å². The summed E-state index contributed by atoms with van der Waals surface area (Å²) < 4.78 is 26.4. The van der Waals surface area contributed by atoms with E-state index < -0.39 is 6.10 Å². The smallest absolute Gasteiger partial charge is 0.101 e. The quantitative estimate of drug-likeness (QED) is 0.395. The van der Waals surface area contributed by atoms with Crippen LogP contribution >= 0.6 is 0 Å². The van der Waals surface area contributed by atoms with Gasteiger partial charge >= 0.3 is 0 Å². The molecule has 0 saturated carbocycles. The van der Waals surface area contributed by atoms with Gasteiger partial charge in [0.2, 0.25) is 0 Å². The van der Waals surface area contributed by atoms with Gasteiger partial charge in [0.1, 0.15) is 6.10 Å². The van der Waals surface area contributed by atoms with E-state index in [9.17, 15) is 5.11 Å². The number of aliphatic hydroxyl groups is 2. The van der Waals surface area contributed by atoms with Gasteiger partial charge in [0.15, 0.2) is 0 Å². The molecule has 144 valence electrons. The zero-order valence-corrected chi connectivity index (χ0v) is 14.7. The first-order valence-electron chi connectivity index (χ1n) is 8.54. The highest BCUT2D eigenvalue weighted by atomic mass is 16.6. The van der Waals surface area contributed by atoms with Gasteiger partial charge in [0.25, 0.3) is 0 Å². The molecule has 0 aliphatic carbocycles. The van der Waals surface area contributed by atoms with Crippen molar-refractivity contribution >= 4 is 0 Å². The minimum atomic E-state index is -0.647. The fourth-order valence-corrected chi connectivity index (χ4v) is 1.88. The predicted molar refractivity (Wildman–Crippen MR) is 92.5 cm³/mol. The summed E-state index contributed by atoms with van der Waals surface area (Å²) >= 11 is 0. The minimum Gasteiger partial charge on any atom is -0.394 e. The molecular formula is C18H30O7. The Morgan fingerprint density at radius 1 is 0.680 bits per heavy atom. The first kappa shape index (κ1) is 22.0. The molecule has 1 rings (SSSR count). The lowest BCUT2D eigenvalue weighted by Gasteiger charge is -2.12. The zero-order valence-electron chi connectivity index (χ0n) is 14.7. The number of hydrogen-bond donors (Lipinski definition) is 2. The minimum absolute atomic E-state index is 0.0248. The highest BCUT2D eigenvalue weighted by Gasteiger charge is 2.04. The van der Waals surface area contributed by atoms with E-state index in [0.717, 1.165) is 5.56 Å². The maximum absolute atomic E-state index is 9.75. The van der Waals surface area contributed by atoms with Crippen molar-refractivity contribution in [1.29, 1.82) is 0 Å². The van der Waals surface area contributed by atoms with E-state index in [-0.39, 0.29) is 19.8 Å². The molecule has 0 heterocycles. The van der Waals surface area contributed by atoms with Gasteiger partial charge in [-0.2, -0.15) is 0 Å². The van der Waals surface area contributed by atoms with Gasteiger partial charge in [-0.3, -0.25) is 0 Å². The standard InChI is InChI=1S/C18H30O7/c19-6-7-21-8-9-22-10-11-23-12-13-24-15-18(20)16-25-14-17-4-2-1-3-5-17/h1-5,18-20H,6-16H2. The maximum Gasteiger partial charge on any atom is 0.101 e. The summed E-state index contributed by atoms with van der Waals surface area (Å²) in [5, 5.41) is 18.3. The van der Waals surface area contributed by atoms with Gasteiger partial charge in [-0.05, 0) is 5.56 Å². The molecule has 25 heavy (non-hydrogen) atoms. The van der Waals surface area contributed by atoms with Crippen molar-refractivity contribution in [3.8, 4) is 0 Å². The van der Waals surface area contributed by atoms with Crippen LogP contribution in [-0.4, -0.2) is 82.4 Å². The average Bonchev–Trinajstić information content (AvgIpc) is 2.63. The predicted octanol–water partition coefficient (Wildman–Crippen LogP) is 0.623. The van der Waals surface area contributed by atoms with E-state index in [0.29, 0.717) is 52.9 Å². The van der Waals surface area contributed by atoms with Crippen LogP contribution in [0.15, 0.2) is 30.3 Å². The molecule has 7 nitrogen and oxygen atoms in total. The number of benzene rings is 1. The Labute approximate surface area is 149 Å². The SMILES string of the molecule is OCCOCCOCCOCCOCC(O)COCc1ccccc1. The van der Waals surface area contributed by atoms with E-state index in [2.05, 4.69) is 0 Å². The third-order valence-electron chi connectivity index (χ3n) is 3.08. The number of ether oxygens (including phenoxy) is 5. The second kappa shape index (κ2) is 16.4. The number of hydrogen-bond acceptors (Lipinski definition) is 7. The van der Waals surface area contributed by atoms with Crippen molar-refractivity contribution < 1.29 is 33.9 Å². The summed E-state index contributed by atoms with van der Waals surface area (Å²) in [5.74, 6) is 0. The van der Waals surface area contributed by atoms with Crippen molar-refractivity contribution in [2.24, 2.45) is 0 Å². The lowest BCUT2D eigenvalue weighted by atomic mass is 10.2. The largest absolute Gasteiger partial charge is 0.394 e. The van der Waals surface area contributed by atoms with Gasteiger partial charge in [-0.1, -0.05) is 30.3 Å². The van der Waals surface area contributed by atoms with Gasteiger partial charge < -0.3 is 33.9 Å². The molecule has 1 atom stereocenters. The Morgan fingerprint density at radius 2 is 1.20 bits per heavy atom. The molecule has 0 amide bonds. The molecular weight excluding hydrogens is 328 g/mol. The van der Waals surface area contributed by atoms with Crippen molar-refractivity contribution in [2.45, 2.75) is 12.7 Å². The van der Waals surface area contributed by atoms with E-state index in [1.807, 2.05) is 30.3 Å². The average molecular weight is 358 g/mol. The Morgan fingerprint density at radius 3 is 1.80 bits per heavy atom. The van der Waals surface area contributed by atoms with E-state index in [4.69, 9.17) is 28.8 Å². The van der Waals surface area contributed by atoms with E-state index in [1.165, 1.54) is 0 Å². The third kappa shape index (κ3) is 13.9. The lowest BCUT2D eigenvalue weighted by Crippen LogP contribution is -2.23. The van der Waals surface area contributed by atoms with Crippen LogP contribution in [0.5, 0.6) is 0 Å². The third-order valence-corrected chi connectivity index (χ3v) is 3.08. The highest BCUT2D eigenvalue weighted by Crippen LogP contribution is 2.01. The van der Waals surface area contributed by atoms with Crippen LogP contribution in [0.25, 0.3) is 0 Å². The lowest BCUT2D eigenvalue weighted by molar-refractivity contribution is -0.0414. The highest BCUT2D eigenvalue weighted by molar-refractivity contribution is 5.13. The molecule has 0 saturated heterocycles. The van der Waals surface area contributed by atoms with Crippen LogP contribution in [0, 0.1) is 0 Å². The molecule has 0 spiro atoms. The Hall–Kier alpha value is -1.06. The zero-order chi connectivity index (χ0) is 18.0. The molecule has 0 fully saturated rings. The topological polar surface area (TPSA) is 86.6 Å². The van der Waals surface area contributed by atoms with Gasteiger partial charge in [0, 0.05) is 0 Å². The van der Waals surface area contributed by atoms with Crippen molar-refractivity contribution in [3.63, 3.8) is 0 Å². The molecule has 2 N–H and O–H groups in total. The maximum atomic E-state index is 9.75. The van der Waals surface area contributed by atoms with Gasteiger partial charge in [0.05, 0.1) is 72.7 Å². The van der Waals surface area contributed by atoms with Gasteiger partial charge in [-0.25, -0.2) is 0 Å². The summed E-state index contributed by atoms with van der Waals surface area (Å²) in [6.07, 6.45) is -0.647. The molecule has 0 aliphatic rings. The van der Waals surface area contributed by atoms with E-state index >= 15 is 0 Å². The van der Waals surface area contributed by atoms with Crippen LogP contribution in [0.4, 0.5) is 0 Å². The van der Waals surface area contributed by atoms with Crippen molar-refractivity contribution in [2.75, 3.05) is 66.1 Å². The van der Waals surface area contributed by atoms with Crippen LogP contribution < -0.4 is 0 Å². The Bertz CT molecular complexity index is 388. The molecule has 0 bridgehead atoms. The van der Waals surface area contributed by atoms with Crippen LogP contribution in [0.1, 0.15) is 5.56 Å². The van der Waals surface area contributed by atoms with Crippen molar-refractivity contribution in [1.82, 2.24) is 0 Å². The van der Waals surface area contributed by atoms with E-state index in [1.54, 1.807) is 0 Å². The van der Waals surface area contributed by atoms with Crippen LogP contribution in [0.2, 0.25) is 0 Å². The molecule has 1 unspecified atom stereocenters. The fourth-order valence-electron chi connectivity index (χ4n) is 1.88. The number of aliphatic hydroxyl groups excluding tert-OH is 2. The fraction of sp³-hybridized carbons (Fsp3) is 0.667. The molecule has 1 aromatic carbocycles.